The Morgan fingerprint density at radius 1 is 1.10 bits per heavy atom. The Morgan fingerprint density at radius 3 is 2.63 bits per heavy atom. The number of nitrogens with zero attached hydrogens (tertiary/aromatic N) is 6. The Bertz CT molecular complexity index is 1040. The predicted octanol–water partition coefficient (Wildman–Crippen LogP) is 3.74. The summed E-state index contributed by atoms with van der Waals surface area (Å²) < 4.78 is 46.2. The van der Waals surface area contributed by atoms with Crippen LogP contribution in [0.25, 0.3) is 5.65 Å². The van der Waals surface area contributed by atoms with Crippen LogP contribution in [0, 0.1) is 5.92 Å². The van der Waals surface area contributed by atoms with Crippen molar-refractivity contribution in [1.82, 2.24) is 24.6 Å². The zero-order chi connectivity index (χ0) is 21.5. The summed E-state index contributed by atoms with van der Waals surface area (Å²) in [6.07, 6.45) is -0.666. The van der Waals surface area contributed by atoms with Gasteiger partial charge in [0.15, 0.2) is 5.65 Å². The lowest BCUT2D eigenvalue weighted by atomic mass is 9.93. The number of aromatic nitrogens is 5. The third-order valence-corrected chi connectivity index (χ3v) is 5.03. The van der Waals surface area contributed by atoms with Gasteiger partial charge in [-0.15, -0.1) is 5.10 Å². The Morgan fingerprint density at radius 2 is 1.90 bits per heavy atom. The van der Waals surface area contributed by atoms with Crippen LogP contribution in [0.3, 0.4) is 0 Å². The highest BCUT2D eigenvalue weighted by molar-refractivity contribution is 5.41. The predicted molar refractivity (Wildman–Crippen MR) is 105 cm³/mol. The SMILES string of the molecule is CC(C)(C)c1cn2nc(OCC3CCN(c4nccc(C(F)(F)F)n4)C3)ccc2n1. The number of anilines is 1. The second-order valence-corrected chi connectivity index (χ2v) is 8.50. The summed E-state index contributed by atoms with van der Waals surface area (Å²) in [5, 5.41) is 4.45. The number of rotatable bonds is 4. The number of alkyl halides is 3. The molecule has 0 aromatic carbocycles. The fraction of sp³-hybridized carbons (Fsp3) is 0.500. The van der Waals surface area contributed by atoms with Crippen LogP contribution in [0.4, 0.5) is 19.1 Å². The summed E-state index contributed by atoms with van der Waals surface area (Å²) in [5.41, 5.74) is 0.688. The fourth-order valence-corrected chi connectivity index (χ4v) is 3.32. The number of imidazole rings is 1. The summed E-state index contributed by atoms with van der Waals surface area (Å²) in [4.78, 5) is 14.0. The van der Waals surface area contributed by atoms with Crippen LogP contribution in [0.1, 0.15) is 38.6 Å². The molecule has 0 bridgehead atoms. The molecule has 4 heterocycles. The molecule has 0 radical (unpaired) electrons. The van der Waals surface area contributed by atoms with Gasteiger partial charge in [0.1, 0.15) is 5.69 Å². The summed E-state index contributed by atoms with van der Waals surface area (Å²) in [5.74, 6) is 0.725. The van der Waals surface area contributed by atoms with E-state index in [2.05, 4.69) is 40.8 Å². The van der Waals surface area contributed by atoms with Crippen LogP contribution in [0.15, 0.2) is 30.6 Å². The van der Waals surface area contributed by atoms with E-state index in [1.807, 2.05) is 12.3 Å². The van der Waals surface area contributed by atoms with E-state index in [4.69, 9.17) is 4.74 Å². The maximum absolute atomic E-state index is 12.9. The molecule has 1 unspecified atom stereocenters. The smallest absolute Gasteiger partial charge is 0.433 e. The van der Waals surface area contributed by atoms with E-state index in [1.54, 1.807) is 15.5 Å². The summed E-state index contributed by atoms with van der Waals surface area (Å²) >= 11 is 0. The van der Waals surface area contributed by atoms with Crippen LogP contribution < -0.4 is 9.64 Å². The monoisotopic (exact) mass is 420 g/mol. The van der Waals surface area contributed by atoms with E-state index >= 15 is 0 Å². The lowest BCUT2D eigenvalue weighted by molar-refractivity contribution is -0.141. The van der Waals surface area contributed by atoms with Crippen LogP contribution in [0.5, 0.6) is 5.88 Å². The first kappa shape index (κ1) is 20.4. The second kappa shape index (κ2) is 7.41. The van der Waals surface area contributed by atoms with Crippen molar-refractivity contribution >= 4 is 11.6 Å². The number of hydrogen-bond acceptors (Lipinski definition) is 6. The van der Waals surface area contributed by atoms with Crippen molar-refractivity contribution in [1.29, 1.82) is 0 Å². The zero-order valence-electron chi connectivity index (χ0n) is 17.0. The molecule has 1 saturated heterocycles. The minimum absolute atomic E-state index is 0.0759. The molecule has 0 N–H and O–H groups in total. The fourth-order valence-electron chi connectivity index (χ4n) is 3.32. The van der Waals surface area contributed by atoms with Gasteiger partial charge >= 0.3 is 6.18 Å². The summed E-state index contributed by atoms with van der Waals surface area (Å²) in [7, 11) is 0. The van der Waals surface area contributed by atoms with Gasteiger partial charge in [-0.3, -0.25) is 0 Å². The van der Waals surface area contributed by atoms with Gasteiger partial charge in [0.2, 0.25) is 11.8 Å². The molecule has 30 heavy (non-hydrogen) atoms. The first-order valence-corrected chi connectivity index (χ1v) is 9.74. The normalized spacial score (nSPS) is 17.7. The standard InChI is InChI=1S/C20H23F3N6O/c1-19(2,3)15-11-29-16(25-15)4-5-17(27-29)30-12-13-7-9-28(10-13)18-24-8-6-14(26-18)20(21,22)23/h4-6,8,11,13H,7,9-10,12H2,1-3H3. The highest BCUT2D eigenvalue weighted by Gasteiger charge is 2.34. The van der Waals surface area contributed by atoms with Crippen molar-refractivity contribution in [2.45, 2.75) is 38.8 Å². The van der Waals surface area contributed by atoms with E-state index in [-0.39, 0.29) is 17.3 Å². The minimum Gasteiger partial charge on any atom is -0.476 e. The molecule has 7 nitrogen and oxygen atoms in total. The van der Waals surface area contributed by atoms with Gasteiger partial charge in [-0.25, -0.2) is 19.5 Å². The zero-order valence-corrected chi connectivity index (χ0v) is 17.0. The van der Waals surface area contributed by atoms with Gasteiger partial charge in [-0.1, -0.05) is 20.8 Å². The van der Waals surface area contributed by atoms with Crippen molar-refractivity contribution < 1.29 is 17.9 Å². The molecule has 1 aliphatic heterocycles. The third-order valence-electron chi connectivity index (χ3n) is 5.03. The van der Waals surface area contributed by atoms with Gasteiger partial charge in [0.25, 0.3) is 0 Å². The van der Waals surface area contributed by atoms with Crippen molar-refractivity contribution in [2.75, 3.05) is 24.6 Å². The molecule has 0 spiro atoms. The molecule has 4 rings (SSSR count). The quantitative estimate of drug-likeness (QED) is 0.641. The lowest BCUT2D eigenvalue weighted by Gasteiger charge is -2.17. The molecule has 1 fully saturated rings. The van der Waals surface area contributed by atoms with Crippen LogP contribution in [-0.2, 0) is 11.6 Å². The average molecular weight is 420 g/mol. The van der Waals surface area contributed by atoms with Gasteiger partial charge in [-0.05, 0) is 18.6 Å². The maximum atomic E-state index is 12.9. The van der Waals surface area contributed by atoms with Crippen LogP contribution in [0.2, 0.25) is 0 Å². The Labute approximate surface area is 171 Å². The number of ether oxygens (including phenoxy) is 1. The Hall–Kier alpha value is -2.91. The van der Waals surface area contributed by atoms with Gasteiger partial charge < -0.3 is 9.64 Å². The topological polar surface area (TPSA) is 68.4 Å². The molecular weight excluding hydrogens is 397 g/mol. The van der Waals surface area contributed by atoms with Gasteiger partial charge in [-0.2, -0.15) is 13.2 Å². The molecule has 3 aromatic rings. The molecule has 3 aromatic heterocycles. The number of halogens is 3. The highest BCUT2D eigenvalue weighted by atomic mass is 19.4. The van der Waals surface area contributed by atoms with Gasteiger partial charge in [0, 0.05) is 36.7 Å². The van der Waals surface area contributed by atoms with E-state index in [0.717, 1.165) is 30.0 Å². The minimum atomic E-state index is -4.48. The molecule has 0 aliphatic carbocycles. The molecule has 160 valence electrons. The first-order chi connectivity index (χ1) is 14.1. The molecule has 10 heteroatoms. The second-order valence-electron chi connectivity index (χ2n) is 8.50. The highest BCUT2D eigenvalue weighted by Crippen LogP contribution is 2.29. The lowest BCUT2D eigenvalue weighted by Crippen LogP contribution is -2.25. The number of hydrogen-bond donors (Lipinski definition) is 0. The molecule has 0 amide bonds. The number of fused-ring (bicyclic) bond motifs is 1. The van der Waals surface area contributed by atoms with Crippen molar-refractivity contribution in [2.24, 2.45) is 5.92 Å². The van der Waals surface area contributed by atoms with Crippen molar-refractivity contribution in [3.8, 4) is 5.88 Å². The van der Waals surface area contributed by atoms with Crippen LogP contribution >= 0.6 is 0 Å². The summed E-state index contributed by atoms with van der Waals surface area (Å²) in [6, 6.07) is 4.51. The van der Waals surface area contributed by atoms with E-state index in [1.165, 1.54) is 0 Å². The summed E-state index contributed by atoms with van der Waals surface area (Å²) in [6.45, 7) is 7.79. The molecular formula is C20H23F3N6O. The Balaban J connectivity index is 1.38. The van der Waals surface area contributed by atoms with E-state index in [0.29, 0.717) is 25.6 Å². The van der Waals surface area contributed by atoms with E-state index in [9.17, 15) is 13.2 Å². The van der Waals surface area contributed by atoms with Crippen LogP contribution in [-0.4, -0.2) is 44.3 Å². The largest absolute Gasteiger partial charge is 0.476 e. The third kappa shape index (κ3) is 4.31. The van der Waals surface area contributed by atoms with Crippen molar-refractivity contribution in [3.05, 3.63) is 42.0 Å². The maximum Gasteiger partial charge on any atom is 0.433 e. The van der Waals surface area contributed by atoms with E-state index < -0.39 is 11.9 Å². The van der Waals surface area contributed by atoms with Gasteiger partial charge in [0.05, 0.1) is 18.5 Å². The average Bonchev–Trinajstić information content (AvgIpc) is 3.32. The molecule has 1 aliphatic rings. The van der Waals surface area contributed by atoms with Crippen molar-refractivity contribution in [3.63, 3.8) is 0 Å². The first-order valence-electron chi connectivity index (χ1n) is 9.74. The molecule has 1 atom stereocenters. The Kier molecular flexibility index (Phi) is 5.03. The molecule has 0 saturated carbocycles.